The van der Waals surface area contributed by atoms with Gasteiger partial charge in [0, 0.05) is 12.6 Å². The van der Waals surface area contributed by atoms with Gasteiger partial charge in [0.05, 0.1) is 17.3 Å². The fourth-order valence-corrected chi connectivity index (χ4v) is 3.72. The smallest absolute Gasteiger partial charge is 0.174 e. The zero-order valence-corrected chi connectivity index (χ0v) is 17.2. The Bertz CT molecular complexity index is 465. The largest absolute Gasteiger partial charge is 0.493 e. The van der Waals surface area contributed by atoms with E-state index >= 15 is 0 Å². The lowest BCUT2D eigenvalue weighted by Crippen LogP contribution is -2.30. The van der Waals surface area contributed by atoms with Crippen LogP contribution in [0.1, 0.15) is 57.4 Å². The predicted octanol–water partition coefficient (Wildman–Crippen LogP) is 5.32. The van der Waals surface area contributed by atoms with Crippen molar-refractivity contribution in [3.05, 3.63) is 21.3 Å². The van der Waals surface area contributed by atoms with E-state index in [1.54, 1.807) is 7.11 Å². The van der Waals surface area contributed by atoms with Crippen LogP contribution in [-0.2, 0) is 6.54 Å². The molecule has 5 heteroatoms. The average molecular weight is 454 g/mol. The first-order valence-corrected chi connectivity index (χ1v) is 9.55. The lowest BCUT2D eigenvalue weighted by Gasteiger charge is -2.23. The van der Waals surface area contributed by atoms with Crippen LogP contribution in [0.5, 0.6) is 11.5 Å². The maximum Gasteiger partial charge on any atom is 0.174 e. The molecule has 1 N–H and O–H groups in total. The molecule has 0 spiro atoms. The minimum Gasteiger partial charge on any atom is -0.493 e. The van der Waals surface area contributed by atoms with Crippen LogP contribution < -0.4 is 14.8 Å². The van der Waals surface area contributed by atoms with E-state index in [0.29, 0.717) is 6.04 Å². The third-order valence-corrected chi connectivity index (χ3v) is 5.03. The van der Waals surface area contributed by atoms with Crippen LogP contribution in [0, 0.1) is 3.57 Å². The van der Waals surface area contributed by atoms with Gasteiger partial charge in [-0.25, -0.2) is 0 Å². The lowest BCUT2D eigenvalue weighted by atomic mass is 9.95. The molecule has 0 saturated heterocycles. The molecule has 0 aromatic heterocycles. The third kappa shape index (κ3) is 6.67. The highest BCUT2D eigenvalue weighted by molar-refractivity contribution is 14.1. The minimum absolute atomic E-state index is 0. The van der Waals surface area contributed by atoms with Crippen LogP contribution in [0.2, 0.25) is 0 Å². The Morgan fingerprint density at radius 1 is 1.22 bits per heavy atom. The molecule has 0 unspecified atom stereocenters. The number of methoxy groups -OCH3 is 1. The van der Waals surface area contributed by atoms with Gasteiger partial charge in [-0.15, -0.1) is 12.4 Å². The number of rotatable bonds is 8. The zero-order valence-electron chi connectivity index (χ0n) is 14.2. The molecule has 1 fully saturated rings. The molecule has 1 aromatic rings. The number of nitrogens with one attached hydrogen (secondary N) is 1. The van der Waals surface area contributed by atoms with Crippen LogP contribution in [0.4, 0.5) is 0 Å². The fraction of sp³-hybridized carbons (Fsp3) is 0.667. The van der Waals surface area contributed by atoms with Crippen molar-refractivity contribution >= 4 is 35.0 Å². The Kier molecular flexibility index (Phi) is 10.3. The molecule has 23 heavy (non-hydrogen) atoms. The van der Waals surface area contributed by atoms with Gasteiger partial charge in [-0.2, -0.15) is 0 Å². The maximum atomic E-state index is 5.90. The number of unbranched alkanes of at least 4 members (excludes halogenated alkanes) is 1. The summed E-state index contributed by atoms with van der Waals surface area (Å²) in [5.41, 5.74) is 1.27. The van der Waals surface area contributed by atoms with E-state index in [9.17, 15) is 0 Å². The summed E-state index contributed by atoms with van der Waals surface area (Å²) in [6.45, 7) is 3.83. The monoisotopic (exact) mass is 453 g/mol. The van der Waals surface area contributed by atoms with Crippen LogP contribution in [0.3, 0.4) is 0 Å². The van der Waals surface area contributed by atoms with E-state index < -0.39 is 0 Å². The summed E-state index contributed by atoms with van der Waals surface area (Å²) in [4.78, 5) is 0. The summed E-state index contributed by atoms with van der Waals surface area (Å²) in [6.07, 6.45) is 8.96. The van der Waals surface area contributed by atoms with Gasteiger partial charge in [0.25, 0.3) is 0 Å². The molecule has 1 aliphatic rings. The van der Waals surface area contributed by atoms with Gasteiger partial charge in [-0.05, 0) is 59.5 Å². The molecule has 1 aliphatic carbocycles. The molecule has 1 aromatic carbocycles. The van der Waals surface area contributed by atoms with E-state index in [4.69, 9.17) is 9.47 Å². The van der Waals surface area contributed by atoms with Crippen molar-refractivity contribution in [2.24, 2.45) is 0 Å². The first-order chi connectivity index (χ1) is 10.7. The van der Waals surface area contributed by atoms with E-state index in [2.05, 4.69) is 47.0 Å². The average Bonchev–Trinajstić information content (AvgIpc) is 2.55. The molecule has 0 radical (unpaired) electrons. The van der Waals surface area contributed by atoms with Gasteiger partial charge in [0.15, 0.2) is 11.5 Å². The number of halogens is 2. The number of ether oxygens (including phenoxy) is 2. The van der Waals surface area contributed by atoms with Gasteiger partial charge in [-0.1, -0.05) is 32.6 Å². The second-order valence-corrected chi connectivity index (χ2v) is 7.19. The highest BCUT2D eigenvalue weighted by Crippen LogP contribution is 2.34. The normalized spacial score (nSPS) is 15.1. The summed E-state index contributed by atoms with van der Waals surface area (Å²) in [6, 6.07) is 5.00. The van der Waals surface area contributed by atoms with Crippen molar-refractivity contribution in [3.8, 4) is 11.5 Å². The van der Waals surface area contributed by atoms with Crippen molar-refractivity contribution in [1.82, 2.24) is 5.32 Å². The minimum atomic E-state index is 0. The molecular formula is C18H29ClINO2. The number of hydrogen-bond donors (Lipinski definition) is 1. The second-order valence-electron chi connectivity index (χ2n) is 6.03. The molecule has 0 aliphatic heterocycles. The predicted molar refractivity (Wildman–Crippen MR) is 107 cm³/mol. The molecule has 0 heterocycles. The van der Waals surface area contributed by atoms with Crippen LogP contribution in [0.25, 0.3) is 0 Å². The van der Waals surface area contributed by atoms with Crippen molar-refractivity contribution < 1.29 is 9.47 Å². The van der Waals surface area contributed by atoms with Crippen molar-refractivity contribution in [2.45, 2.75) is 64.5 Å². The lowest BCUT2D eigenvalue weighted by molar-refractivity contribution is 0.286. The van der Waals surface area contributed by atoms with Gasteiger partial charge < -0.3 is 14.8 Å². The van der Waals surface area contributed by atoms with Crippen LogP contribution >= 0.6 is 35.0 Å². The summed E-state index contributed by atoms with van der Waals surface area (Å²) >= 11 is 2.35. The standard InChI is InChI=1S/C18H28INO2.ClH/c1-3-4-10-22-18-16(19)11-14(12-17(18)21-2)13-20-15-8-6-5-7-9-15;/h11-12,15,20H,3-10,13H2,1-2H3;1H. The van der Waals surface area contributed by atoms with E-state index in [1.807, 2.05) is 0 Å². The highest BCUT2D eigenvalue weighted by Gasteiger charge is 2.15. The summed E-state index contributed by atoms with van der Waals surface area (Å²) in [7, 11) is 1.72. The first kappa shape index (κ1) is 20.8. The second kappa shape index (κ2) is 11.4. The third-order valence-electron chi connectivity index (χ3n) is 4.23. The molecule has 132 valence electrons. The SMILES string of the molecule is CCCCOc1c(I)cc(CNC2CCCCC2)cc1OC.Cl. The van der Waals surface area contributed by atoms with Gasteiger partial charge in [0.1, 0.15) is 0 Å². The Balaban J connectivity index is 0.00000264. The summed E-state index contributed by atoms with van der Waals surface area (Å²) in [5.74, 6) is 1.74. The fourth-order valence-electron chi connectivity index (χ4n) is 2.90. The Morgan fingerprint density at radius 3 is 2.61 bits per heavy atom. The molecule has 0 atom stereocenters. The van der Waals surface area contributed by atoms with Gasteiger partial charge in [-0.3, -0.25) is 0 Å². The Labute approximate surface area is 160 Å². The van der Waals surface area contributed by atoms with Gasteiger partial charge in [0.2, 0.25) is 0 Å². The molecular weight excluding hydrogens is 425 g/mol. The number of hydrogen-bond acceptors (Lipinski definition) is 3. The Morgan fingerprint density at radius 2 is 1.96 bits per heavy atom. The molecule has 3 nitrogen and oxygen atoms in total. The van der Waals surface area contributed by atoms with Crippen LogP contribution in [-0.4, -0.2) is 19.8 Å². The Hall–Kier alpha value is -0.200. The van der Waals surface area contributed by atoms with Crippen molar-refractivity contribution in [2.75, 3.05) is 13.7 Å². The number of benzene rings is 1. The summed E-state index contributed by atoms with van der Waals surface area (Å²) in [5, 5.41) is 3.69. The zero-order chi connectivity index (χ0) is 15.8. The molecule has 2 rings (SSSR count). The quantitative estimate of drug-likeness (QED) is 0.427. The molecule has 0 bridgehead atoms. The maximum absolute atomic E-state index is 5.90. The molecule has 1 saturated carbocycles. The van der Waals surface area contributed by atoms with E-state index in [1.165, 1.54) is 37.7 Å². The van der Waals surface area contributed by atoms with Gasteiger partial charge >= 0.3 is 0 Å². The van der Waals surface area contributed by atoms with E-state index in [0.717, 1.165) is 41.1 Å². The van der Waals surface area contributed by atoms with Crippen molar-refractivity contribution in [3.63, 3.8) is 0 Å². The van der Waals surface area contributed by atoms with Crippen LogP contribution in [0.15, 0.2) is 12.1 Å². The van der Waals surface area contributed by atoms with Crippen molar-refractivity contribution in [1.29, 1.82) is 0 Å². The first-order valence-electron chi connectivity index (χ1n) is 8.47. The molecule has 0 amide bonds. The van der Waals surface area contributed by atoms with E-state index in [-0.39, 0.29) is 12.4 Å². The highest BCUT2D eigenvalue weighted by atomic mass is 127. The summed E-state index contributed by atoms with van der Waals surface area (Å²) < 4.78 is 12.6. The topological polar surface area (TPSA) is 30.5 Å².